The molecular weight excluding hydrogens is 352 g/mol. The lowest BCUT2D eigenvalue weighted by Gasteiger charge is -2.25. The van der Waals surface area contributed by atoms with Crippen LogP contribution in [0.3, 0.4) is 0 Å². The minimum Gasteiger partial charge on any atom is -0.461 e. The van der Waals surface area contributed by atoms with Crippen LogP contribution < -0.4 is 5.32 Å². The van der Waals surface area contributed by atoms with Gasteiger partial charge >= 0.3 is 0 Å². The molecule has 0 saturated carbocycles. The Hall–Kier alpha value is -3.08. The van der Waals surface area contributed by atoms with Gasteiger partial charge in [-0.2, -0.15) is 0 Å². The van der Waals surface area contributed by atoms with Crippen molar-refractivity contribution in [1.82, 2.24) is 10.2 Å². The fourth-order valence-electron chi connectivity index (χ4n) is 3.81. The van der Waals surface area contributed by atoms with Crippen molar-refractivity contribution >= 4 is 22.8 Å². The third kappa shape index (κ3) is 3.79. The Morgan fingerprint density at radius 2 is 1.93 bits per heavy atom. The van der Waals surface area contributed by atoms with Gasteiger partial charge in [-0.25, -0.2) is 0 Å². The third-order valence-electron chi connectivity index (χ3n) is 5.43. The van der Waals surface area contributed by atoms with Crippen LogP contribution in [0.5, 0.6) is 0 Å². The molecule has 5 heteroatoms. The summed E-state index contributed by atoms with van der Waals surface area (Å²) in [6.45, 7) is 2.97. The van der Waals surface area contributed by atoms with Gasteiger partial charge in [0.15, 0.2) is 0 Å². The number of rotatable bonds is 6. The molecule has 1 aliphatic rings. The van der Waals surface area contributed by atoms with E-state index < -0.39 is 0 Å². The first-order valence-electron chi connectivity index (χ1n) is 9.71. The average molecular weight is 376 g/mol. The van der Waals surface area contributed by atoms with Crippen molar-refractivity contribution in [1.29, 1.82) is 0 Å². The van der Waals surface area contributed by atoms with Gasteiger partial charge in [0.05, 0.1) is 12.0 Å². The van der Waals surface area contributed by atoms with E-state index in [1.165, 1.54) is 0 Å². The molecule has 3 aromatic rings. The summed E-state index contributed by atoms with van der Waals surface area (Å²) < 4.78 is 5.78. The summed E-state index contributed by atoms with van der Waals surface area (Å²) in [7, 11) is 0. The second-order valence-corrected chi connectivity index (χ2v) is 7.33. The summed E-state index contributed by atoms with van der Waals surface area (Å²) in [5.74, 6) is 0.527. The maximum absolute atomic E-state index is 12.5. The molecule has 2 heterocycles. The van der Waals surface area contributed by atoms with Crippen molar-refractivity contribution < 1.29 is 14.0 Å². The van der Waals surface area contributed by atoms with Gasteiger partial charge in [0.2, 0.25) is 11.8 Å². The lowest BCUT2D eigenvalue weighted by molar-refractivity contribution is -0.130. The smallest absolute Gasteiger partial charge is 0.225 e. The van der Waals surface area contributed by atoms with E-state index in [1.807, 2.05) is 67.6 Å². The molecule has 4 rings (SSSR count). The van der Waals surface area contributed by atoms with Crippen molar-refractivity contribution in [3.8, 4) is 0 Å². The van der Waals surface area contributed by atoms with Gasteiger partial charge in [-0.1, -0.05) is 48.5 Å². The topological polar surface area (TPSA) is 62.6 Å². The number of furan rings is 1. The van der Waals surface area contributed by atoms with Crippen molar-refractivity contribution in [3.63, 3.8) is 0 Å². The predicted molar refractivity (Wildman–Crippen MR) is 108 cm³/mol. The van der Waals surface area contributed by atoms with Crippen LogP contribution in [0.1, 0.15) is 30.7 Å². The van der Waals surface area contributed by atoms with E-state index in [0.29, 0.717) is 19.5 Å². The Kier molecular flexibility index (Phi) is 5.15. The van der Waals surface area contributed by atoms with Crippen molar-refractivity contribution in [2.24, 2.45) is 5.92 Å². The third-order valence-corrected chi connectivity index (χ3v) is 5.43. The van der Waals surface area contributed by atoms with Gasteiger partial charge in [0.25, 0.3) is 0 Å². The van der Waals surface area contributed by atoms with E-state index >= 15 is 0 Å². The van der Waals surface area contributed by atoms with Crippen molar-refractivity contribution in [2.75, 3.05) is 13.1 Å². The van der Waals surface area contributed by atoms with Crippen LogP contribution >= 0.6 is 0 Å². The van der Waals surface area contributed by atoms with Gasteiger partial charge in [-0.05, 0) is 24.6 Å². The molecule has 28 heavy (non-hydrogen) atoms. The van der Waals surface area contributed by atoms with Gasteiger partial charge in [-0.15, -0.1) is 0 Å². The zero-order valence-electron chi connectivity index (χ0n) is 15.9. The van der Waals surface area contributed by atoms with Gasteiger partial charge in [0, 0.05) is 31.3 Å². The lowest BCUT2D eigenvalue weighted by atomic mass is 10.1. The second-order valence-electron chi connectivity index (χ2n) is 7.33. The first-order chi connectivity index (χ1) is 13.6. The second kappa shape index (κ2) is 7.89. The Bertz CT molecular complexity index is 947. The summed E-state index contributed by atoms with van der Waals surface area (Å²) in [4.78, 5) is 26.8. The molecule has 2 atom stereocenters. The van der Waals surface area contributed by atoms with E-state index in [0.717, 1.165) is 22.3 Å². The molecule has 1 fully saturated rings. The fourth-order valence-corrected chi connectivity index (χ4v) is 3.81. The molecule has 2 aromatic carbocycles. The SMILES string of the molecule is CC(c1ccccc1)N1CC(C(=O)NCCc2cc3ccccc3o2)CC1=O. The highest BCUT2D eigenvalue weighted by Gasteiger charge is 2.36. The molecule has 2 amide bonds. The maximum Gasteiger partial charge on any atom is 0.225 e. The maximum atomic E-state index is 12.5. The molecule has 1 saturated heterocycles. The Balaban J connectivity index is 1.31. The largest absolute Gasteiger partial charge is 0.461 e. The summed E-state index contributed by atoms with van der Waals surface area (Å²) in [5, 5.41) is 4.02. The molecule has 0 spiro atoms. The highest BCUT2D eigenvalue weighted by atomic mass is 16.3. The number of carbonyl (C=O) groups excluding carboxylic acids is 2. The minimum absolute atomic E-state index is 0.0259. The molecule has 144 valence electrons. The zero-order valence-corrected chi connectivity index (χ0v) is 15.9. The Labute approximate surface area is 164 Å². The van der Waals surface area contributed by atoms with Crippen molar-refractivity contribution in [2.45, 2.75) is 25.8 Å². The van der Waals surface area contributed by atoms with E-state index in [1.54, 1.807) is 4.90 Å². The number of amides is 2. The minimum atomic E-state index is -0.297. The molecule has 1 N–H and O–H groups in total. The van der Waals surface area contributed by atoms with Crippen LogP contribution in [0.15, 0.2) is 65.1 Å². The number of hydrogen-bond donors (Lipinski definition) is 1. The number of fused-ring (bicyclic) bond motifs is 1. The number of likely N-dealkylation sites (tertiary alicyclic amines) is 1. The summed E-state index contributed by atoms with van der Waals surface area (Å²) in [5.41, 5.74) is 1.94. The number of para-hydroxylation sites is 1. The number of benzene rings is 2. The molecule has 5 nitrogen and oxygen atoms in total. The monoisotopic (exact) mass is 376 g/mol. The fraction of sp³-hybridized carbons (Fsp3) is 0.304. The highest BCUT2D eigenvalue weighted by molar-refractivity contribution is 5.89. The van der Waals surface area contributed by atoms with Crippen LogP contribution in [0.25, 0.3) is 11.0 Å². The highest BCUT2D eigenvalue weighted by Crippen LogP contribution is 2.28. The molecular formula is C23H24N2O3. The number of nitrogens with zero attached hydrogens (tertiary/aromatic N) is 1. The van der Waals surface area contributed by atoms with Crippen LogP contribution in [-0.4, -0.2) is 29.8 Å². The molecule has 0 bridgehead atoms. The van der Waals surface area contributed by atoms with E-state index in [4.69, 9.17) is 4.42 Å². The van der Waals surface area contributed by atoms with E-state index in [2.05, 4.69) is 5.32 Å². The van der Waals surface area contributed by atoms with Crippen LogP contribution in [0.4, 0.5) is 0 Å². The zero-order chi connectivity index (χ0) is 19.5. The number of nitrogens with one attached hydrogen (secondary N) is 1. The summed E-state index contributed by atoms with van der Waals surface area (Å²) in [6, 6.07) is 19.8. The quantitative estimate of drug-likeness (QED) is 0.713. The van der Waals surface area contributed by atoms with Gasteiger partial charge in [-0.3, -0.25) is 9.59 Å². The molecule has 2 unspecified atom stereocenters. The first-order valence-corrected chi connectivity index (χ1v) is 9.71. The first kappa shape index (κ1) is 18.3. The molecule has 0 aliphatic carbocycles. The Morgan fingerprint density at radius 3 is 2.71 bits per heavy atom. The van der Waals surface area contributed by atoms with Gasteiger partial charge in [0.1, 0.15) is 11.3 Å². The average Bonchev–Trinajstić information content (AvgIpc) is 3.31. The van der Waals surface area contributed by atoms with Crippen molar-refractivity contribution in [3.05, 3.63) is 72.0 Å². The number of carbonyl (C=O) groups is 2. The standard InChI is InChI=1S/C23H24N2O3/c1-16(17-7-3-2-4-8-17)25-15-19(14-22(25)26)23(27)24-12-11-20-13-18-9-5-6-10-21(18)28-20/h2-10,13,16,19H,11-12,14-15H2,1H3,(H,24,27). The molecule has 1 aromatic heterocycles. The lowest BCUT2D eigenvalue weighted by Crippen LogP contribution is -2.34. The van der Waals surface area contributed by atoms with E-state index in [-0.39, 0.29) is 30.2 Å². The summed E-state index contributed by atoms with van der Waals surface area (Å²) in [6.07, 6.45) is 0.902. The number of hydrogen-bond acceptors (Lipinski definition) is 3. The predicted octanol–water partition coefficient (Wildman–Crippen LogP) is 3.70. The van der Waals surface area contributed by atoms with E-state index in [9.17, 15) is 9.59 Å². The summed E-state index contributed by atoms with van der Waals surface area (Å²) >= 11 is 0. The van der Waals surface area contributed by atoms with Gasteiger partial charge < -0.3 is 14.6 Å². The Morgan fingerprint density at radius 1 is 1.18 bits per heavy atom. The van der Waals surface area contributed by atoms with Crippen LogP contribution in [0, 0.1) is 5.92 Å². The van der Waals surface area contributed by atoms with Crippen LogP contribution in [-0.2, 0) is 16.0 Å². The van der Waals surface area contributed by atoms with Crippen LogP contribution in [0.2, 0.25) is 0 Å². The molecule has 0 radical (unpaired) electrons. The molecule has 1 aliphatic heterocycles. The normalized spacial score (nSPS) is 17.8.